The van der Waals surface area contributed by atoms with Gasteiger partial charge >= 0.3 is 0 Å². The van der Waals surface area contributed by atoms with Gasteiger partial charge in [-0.2, -0.15) is 0 Å². The number of rotatable bonds is 6. The predicted octanol–water partition coefficient (Wildman–Crippen LogP) is 5.25. The molecule has 0 amide bonds. The summed E-state index contributed by atoms with van der Waals surface area (Å²) in [4.78, 5) is 8.41. The number of hydrogen-bond acceptors (Lipinski definition) is 6. The molecule has 0 bridgehead atoms. The lowest BCUT2D eigenvalue weighted by Crippen LogP contribution is -2.06. The molecule has 0 unspecified atom stereocenters. The van der Waals surface area contributed by atoms with Gasteiger partial charge in [0.2, 0.25) is 0 Å². The smallest absolute Gasteiger partial charge is 0.159 e. The van der Waals surface area contributed by atoms with Crippen LogP contribution in [-0.4, -0.2) is 16.6 Å². The number of nitrogens with zero attached hydrogens (tertiary/aromatic N) is 2. The van der Waals surface area contributed by atoms with Crippen LogP contribution in [0.2, 0.25) is 10.0 Å². The molecule has 0 saturated heterocycles. The molecule has 0 fully saturated rings. The van der Waals surface area contributed by atoms with Crippen LogP contribution in [0.3, 0.4) is 0 Å². The summed E-state index contributed by atoms with van der Waals surface area (Å²) < 4.78 is 5.61. The zero-order valence-corrected chi connectivity index (χ0v) is 15.5. The Morgan fingerprint density at radius 1 is 1.00 bits per heavy atom. The number of ether oxygens (including phenoxy) is 1. The van der Waals surface area contributed by atoms with Gasteiger partial charge in [0.1, 0.15) is 17.8 Å². The molecule has 8 heteroatoms. The predicted molar refractivity (Wildman–Crippen MR) is 107 cm³/mol. The molecule has 0 spiro atoms. The van der Waals surface area contributed by atoms with Crippen LogP contribution in [0.4, 0.5) is 28.7 Å². The topological polar surface area (TPSA) is 85.1 Å². The van der Waals surface area contributed by atoms with Gasteiger partial charge in [0.25, 0.3) is 0 Å². The monoisotopic (exact) mass is 389 g/mol. The van der Waals surface area contributed by atoms with E-state index in [9.17, 15) is 0 Å². The van der Waals surface area contributed by atoms with Gasteiger partial charge in [-0.15, -0.1) is 0 Å². The molecule has 0 aliphatic carbocycles. The van der Waals surface area contributed by atoms with E-state index in [1.807, 2.05) is 31.2 Å². The van der Waals surface area contributed by atoms with E-state index in [-0.39, 0.29) is 0 Å². The van der Waals surface area contributed by atoms with Crippen LogP contribution in [0.1, 0.15) is 6.92 Å². The van der Waals surface area contributed by atoms with Crippen molar-refractivity contribution in [2.24, 2.45) is 0 Å². The van der Waals surface area contributed by atoms with Crippen LogP contribution < -0.4 is 21.1 Å². The number of anilines is 5. The third kappa shape index (κ3) is 4.09. The SMILES string of the molecule is CCOc1ccccc1Nc1ncnc(Nc2ccc(Cl)c(Cl)c2)c1N. The van der Waals surface area contributed by atoms with E-state index in [0.717, 1.165) is 5.69 Å². The minimum atomic E-state index is 0.366. The highest BCUT2D eigenvalue weighted by atomic mass is 35.5. The van der Waals surface area contributed by atoms with Crippen molar-refractivity contribution >= 4 is 51.9 Å². The average Bonchev–Trinajstić information content (AvgIpc) is 2.63. The number of para-hydroxylation sites is 2. The van der Waals surface area contributed by atoms with E-state index in [1.54, 1.807) is 18.2 Å². The number of benzene rings is 2. The van der Waals surface area contributed by atoms with Crippen molar-refractivity contribution in [2.45, 2.75) is 6.92 Å². The molecular formula is C18H17Cl2N5O. The maximum atomic E-state index is 6.22. The summed E-state index contributed by atoms with van der Waals surface area (Å²) in [5, 5.41) is 7.21. The van der Waals surface area contributed by atoms with Crippen LogP contribution in [0.25, 0.3) is 0 Å². The Hall–Kier alpha value is -2.70. The first-order valence-electron chi connectivity index (χ1n) is 7.90. The first-order valence-corrected chi connectivity index (χ1v) is 8.65. The summed E-state index contributed by atoms with van der Waals surface area (Å²) in [7, 11) is 0. The van der Waals surface area contributed by atoms with Crippen LogP contribution >= 0.6 is 23.2 Å². The first-order chi connectivity index (χ1) is 12.6. The van der Waals surface area contributed by atoms with E-state index in [1.165, 1.54) is 6.33 Å². The van der Waals surface area contributed by atoms with Crippen molar-refractivity contribution in [1.82, 2.24) is 9.97 Å². The molecule has 0 saturated carbocycles. The molecule has 3 aromatic rings. The zero-order chi connectivity index (χ0) is 18.5. The van der Waals surface area contributed by atoms with E-state index < -0.39 is 0 Å². The normalized spacial score (nSPS) is 10.4. The first kappa shape index (κ1) is 18.1. The molecule has 0 atom stereocenters. The Bertz CT molecular complexity index is 920. The van der Waals surface area contributed by atoms with E-state index in [0.29, 0.717) is 45.4 Å². The molecule has 2 aromatic carbocycles. The molecule has 0 radical (unpaired) electrons. The summed E-state index contributed by atoms with van der Waals surface area (Å²) >= 11 is 12.0. The number of aromatic nitrogens is 2. The summed E-state index contributed by atoms with van der Waals surface area (Å²) in [6.45, 7) is 2.48. The Kier molecular flexibility index (Phi) is 5.65. The van der Waals surface area contributed by atoms with Crippen LogP contribution in [0.15, 0.2) is 48.8 Å². The van der Waals surface area contributed by atoms with Gasteiger partial charge in [-0.1, -0.05) is 35.3 Å². The molecule has 0 aliphatic rings. The average molecular weight is 390 g/mol. The number of nitrogens with two attached hydrogens (primary N) is 1. The molecule has 1 aromatic heterocycles. The Morgan fingerprint density at radius 2 is 1.73 bits per heavy atom. The number of nitrogens with one attached hydrogen (secondary N) is 2. The fraction of sp³-hybridized carbons (Fsp3) is 0.111. The van der Waals surface area contributed by atoms with Crippen LogP contribution in [0, 0.1) is 0 Å². The summed E-state index contributed by atoms with van der Waals surface area (Å²) in [6.07, 6.45) is 1.42. The van der Waals surface area contributed by atoms with Gasteiger partial charge in [0, 0.05) is 5.69 Å². The molecule has 3 rings (SSSR count). The largest absolute Gasteiger partial charge is 0.492 e. The third-order valence-corrected chi connectivity index (χ3v) is 4.25. The maximum Gasteiger partial charge on any atom is 0.159 e. The lowest BCUT2D eigenvalue weighted by molar-refractivity contribution is 0.342. The second kappa shape index (κ2) is 8.12. The molecule has 4 N–H and O–H groups in total. The second-order valence-electron chi connectivity index (χ2n) is 5.29. The highest BCUT2D eigenvalue weighted by Gasteiger charge is 2.11. The van der Waals surface area contributed by atoms with Crippen molar-refractivity contribution < 1.29 is 4.74 Å². The fourth-order valence-electron chi connectivity index (χ4n) is 2.28. The van der Waals surface area contributed by atoms with Crippen LogP contribution in [-0.2, 0) is 0 Å². The van der Waals surface area contributed by atoms with Gasteiger partial charge in [-0.3, -0.25) is 0 Å². The standard InChI is InChI=1S/C18H17Cl2N5O/c1-2-26-15-6-4-3-5-14(15)25-18-16(21)17(22-10-23-18)24-11-7-8-12(19)13(20)9-11/h3-10H,2,21H2,1H3,(H2,22,23,24,25). The fourth-order valence-corrected chi connectivity index (χ4v) is 2.58. The van der Waals surface area contributed by atoms with Crippen molar-refractivity contribution in [1.29, 1.82) is 0 Å². The number of nitrogen functional groups attached to an aromatic ring is 1. The van der Waals surface area contributed by atoms with Crippen molar-refractivity contribution in [3.8, 4) is 5.75 Å². The van der Waals surface area contributed by atoms with E-state index in [2.05, 4.69) is 20.6 Å². The molecule has 6 nitrogen and oxygen atoms in total. The van der Waals surface area contributed by atoms with Gasteiger partial charge in [0.05, 0.1) is 22.3 Å². The Balaban J connectivity index is 1.86. The summed E-state index contributed by atoms with van der Waals surface area (Å²) in [5.74, 6) is 1.64. The molecule has 1 heterocycles. The maximum absolute atomic E-state index is 6.22. The van der Waals surface area contributed by atoms with Gasteiger partial charge in [-0.25, -0.2) is 9.97 Å². The molecular weight excluding hydrogens is 373 g/mol. The van der Waals surface area contributed by atoms with E-state index in [4.69, 9.17) is 33.7 Å². The number of hydrogen-bond donors (Lipinski definition) is 3. The van der Waals surface area contributed by atoms with Gasteiger partial charge in [-0.05, 0) is 37.3 Å². The van der Waals surface area contributed by atoms with Crippen molar-refractivity contribution in [2.75, 3.05) is 23.0 Å². The van der Waals surface area contributed by atoms with Crippen LogP contribution in [0.5, 0.6) is 5.75 Å². The second-order valence-corrected chi connectivity index (χ2v) is 6.11. The number of halogens is 2. The lowest BCUT2D eigenvalue weighted by atomic mass is 10.2. The molecule has 0 aliphatic heterocycles. The minimum absolute atomic E-state index is 0.366. The summed E-state index contributed by atoms with van der Waals surface area (Å²) in [5.41, 5.74) is 8.06. The van der Waals surface area contributed by atoms with Gasteiger partial charge in [0.15, 0.2) is 11.6 Å². The Morgan fingerprint density at radius 3 is 2.46 bits per heavy atom. The van der Waals surface area contributed by atoms with E-state index >= 15 is 0 Å². The highest BCUT2D eigenvalue weighted by molar-refractivity contribution is 6.42. The van der Waals surface area contributed by atoms with Gasteiger partial charge < -0.3 is 21.1 Å². The van der Waals surface area contributed by atoms with Crippen molar-refractivity contribution in [3.63, 3.8) is 0 Å². The Labute approximate surface area is 161 Å². The molecule has 26 heavy (non-hydrogen) atoms. The minimum Gasteiger partial charge on any atom is -0.492 e. The molecule has 134 valence electrons. The lowest BCUT2D eigenvalue weighted by Gasteiger charge is -2.15. The highest BCUT2D eigenvalue weighted by Crippen LogP contribution is 2.33. The van der Waals surface area contributed by atoms with Crippen molar-refractivity contribution in [3.05, 3.63) is 58.8 Å². The quantitative estimate of drug-likeness (QED) is 0.533. The third-order valence-electron chi connectivity index (χ3n) is 3.51. The zero-order valence-electron chi connectivity index (χ0n) is 14.0. The summed E-state index contributed by atoms with van der Waals surface area (Å²) in [6, 6.07) is 12.7.